The molecule has 3 aromatic rings. The fourth-order valence-corrected chi connectivity index (χ4v) is 2.35. The molecule has 0 saturated carbocycles. The number of fused-ring (bicyclic) bond motifs is 1. The summed E-state index contributed by atoms with van der Waals surface area (Å²) in [7, 11) is 3.04. The largest absolute Gasteiger partial charge is 0.496 e. The molecule has 1 aromatic heterocycles. The minimum Gasteiger partial charge on any atom is -0.496 e. The first-order valence-electron chi connectivity index (χ1n) is 6.49. The zero-order valence-corrected chi connectivity index (χ0v) is 11.8. The van der Waals surface area contributed by atoms with E-state index in [-0.39, 0.29) is 11.4 Å². The number of para-hydroxylation sites is 2. The van der Waals surface area contributed by atoms with Crippen LogP contribution in [0.25, 0.3) is 22.1 Å². The molecule has 1 heterocycles. The predicted octanol–water partition coefficient (Wildman–Crippen LogP) is 3.48. The molecule has 0 unspecified atom stereocenters. The Balaban J connectivity index is 2.41. The van der Waals surface area contributed by atoms with Gasteiger partial charge in [0.25, 0.3) is 5.95 Å². The summed E-state index contributed by atoms with van der Waals surface area (Å²) in [5.74, 6) is 0.779. The molecule has 0 saturated heterocycles. The van der Waals surface area contributed by atoms with Gasteiger partial charge < -0.3 is 13.9 Å². The molecule has 0 aliphatic carbocycles. The molecule has 4 nitrogen and oxygen atoms in total. The molecule has 2 aromatic carbocycles. The highest BCUT2D eigenvalue weighted by molar-refractivity contribution is 5.85. The van der Waals surface area contributed by atoms with Crippen LogP contribution < -0.4 is 14.9 Å². The number of hydrogen-bond acceptors (Lipinski definition) is 4. The van der Waals surface area contributed by atoms with Crippen LogP contribution in [0.1, 0.15) is 0 Å². The standard InChI is InChI=1S/C17H14O4/c1-19-13-9-5-3-7-11(13)15-16(18)12-8-4-6-10-14(12)21-17(15)20-2/h3-10H,1-2H3. The van der Waals surface area contributed by atoms with Crippen molar-refractivity contribution in [2.24, 2.45) is 0 Å². The monoisotopic (exact) mass is 282 g/mol. The third-order valence-electron chi connectivity index (χ3n) is 3.33. The third-order valence-corrected chi connectivity index (χ3v) is 3.33. The van der Waals surface area contributed by atoms with Crippen LogP contribution in [0.5, 0.6) is 11.7 Å². The van der Waals surface area contributed by atoms with Gasteiger partial charge in [0.2, 0.25) is 5.43 Å². The van der Waals surface area contributed by atoms with E-state index in [9.17, 15) is 4.79 Å². The molecule has 0 bridgehead atoms. The smallest absolute Gasteiger partial charge is 0.296 e. The topological polar surface area (TPSA) is 48.7 Å². The molecule has 106 valence electrons. The molecule has 0 N–H and O–H groups in total. The van der Waals surface area contributed by atoms with Crippen LogP contribution in [0.15, 0.2) is 57.7 Å². The second-order valence-electron chi connectivity index (χ2n) is 4.49. The Labute approximate surface area is 121 Å². The summed E-state index contributed by atoms with van der Waals surface area (Å²) in [6.45, 7) is 0. The molecule has 0 aliphatic rings. The van der Waals surface area contributed by atoms with Crippen molar-refractivity contribution in [1.29, 1.82) is 0 Å². The Morgan fingerprint density at radius 3 is 2.38 bits per heavy atom. The van der Waals surface area contributed by atoms with Crippen LogP contribution in [0.2, 0.25) is 0 Å². The van der Waals surface area contributed by atoms with Crippen molar-refractivity contribution in [3.63, 3.8) is 0 Å². The van der Waals surface area contributed by atoms with E-state index in [1.807, 2.05) is 24.3 Å². The number of rotatable bonds is 3. The van der Waals surface area contributed by atoms with Gasteiger partial charge in [-0.1, -0.05) is 30.3 Å². The first kappa shape index (κ1) is 13.2. The summed E-state index contributed by atoms with van der Waals surface area (Å²) in [6.07, 6.45) is 0. The third kappa shape index (κ3) is 2.14. The number of hydrogen-bond donors (Lipinski definition) is 0. The quantitative estimate of drug-likeness (QED) is 0.738. The van der Waals surface area contributed by atoms with Gasteiger partial charge in [-0.15, -0.1) is 0 Å². The van der Waals surface area contributed by atoms with E-state index in [0.29, 0.717) is 27.8 Å². The maximum atomic E-state index is 12.8. The molecule has 21 heavy (non-hydrogen) atoms. The lowest BCUT2D eigenvalue weighted by molar-refractivity contribution is 0.312. The predicted molar refractivity (Wildman–Crippen MR) is 81.0 cm³/mol. The van der Waals surface area contributed by atoms with Crippen LogP contribution in [0.3, 0.4) is 0 Å². The molecular formula is C17H14O4. The Hall–Kier alpha value is -2.75. The van der Waals surface area contributed by atoms with Gasteiger partial charge >= 0.3 is 0 Å². The van der Waals surface area contributed by atoms with Crippen LogP contribution in [-0.2, 0) is 0 Å². The van der Waals surface area contributed by atoms with Gasteiger partial charge in [0.05, 0.1) is 19.6 Å². The summed E-state index contributed by atoms with van der Waals surface area (Å²) >= 11 is 0. The van der Waals surface area contributed by atoms with Crippen molar-refractivity contribution in [3.05, 3.63) is 58.8 Å². The van der Waals surface area contributed by atoms with E-state index >= 15 is 0 Å². The molecule has 0 fully saturated rings. The number of ether oxygens (including phenoxy) is 2. The summed E-state index contributed by atoms with van der Waals surface area (Å²) in [5, 5.41) is 0.513. The van der Waals surface area contributed by atoms with Gasteiger partial charge in [-0.05, 0) is 18.2 Å². The summed E-state index contributed by atoms with van der Waals surface area (Å²) < 4.78 is 16.3. The van der Waals surface area contributed by atoms with Crippen LogP contribution in [0.4, 0.5) is 0 Å². The summed E-state index contributed by atoms with van der Waals surface area (Å²) in [4.78, 5) is 12.8. The van der Waals surface area contributed by atoms with Gasteiger partial charge in [0, 0.05) is 5.56 Å². The lowest BCUT2D eigenvalue weighted by Gasteiger charge is -2.11. The van der Waals surface area contributed by atoms with E-state index in [1.54, 1.807) is 31.4 Å². The number of methoxy groups -OCH3 is 2. The van der Waals surface area contributed by atoms with Crippen LogP contribution >= 0.6 is 0 Å². The molecule has 0 spiro atoms. The maximum absolute atomic E-state index is 12.8. The van der Waals surface area contributed by atoms with E-state index in [2.05, 4.69) is 0 Å². The zero-order valence-electron chi connectivity index (χ0n) is 11.8. The van der Waals surface area contributed by atoms with Gasteiger partial charge in [-0.2, -0.15) is 0 Å². The molecule has 3 rings (SSSR count). The second-order valence-corrected chi connectivity index (χ2v) is 4.49. The van der Waals surface area contributed by atoms with Crippen LogP contribution in [-0.4, -0.2) is 14.2 Å². The Morgan fingerprint density at radius 1 is 0.905 bits per heavy atom. The fraction of sp³-hybridized carbons (Fsp3) is 0.118. The van der Waals surface area contributed by atoms with Crippen molar-refractivity contribution in [1.82, 2.24) is 0 Å². The zero-order chi connectivity index (χ0) is 14.8. The average Bonchev–Trinajstić information content (AvgIpc) is 2.54. The molecule has 0 aliphatic heterocycles. The van der Waals surface area contributed by atoms with E-state index in [0.717, 1.165) is 0 Å². The Morgan fingerprint density at radius 2 is 1.62 bits per heavy atom. The molecule has 0 radical (unpaired) electrons. The summed E-state index contributed by atoms with van der Waals surface area (Å²) in [6, 6.07) is 14.4. The lowest BCUT2D eigenvalue weighted by atomic mass is 10.0. The van der Waals surface area contributed by atoms with Gasteiger partial charge in [0.15, 0.2) is 0 Å². The number of benzene rings is 2. The first-order valence-corrected chi connectivity index (χ1v) is 6.49. The van der Waals surface area contributed by atoms with Gasteiger partial charge in [0.1, 0.15) is 16.9 Å². The molecule has 0 amide bonds. The summed E-state index contributed by atoms with van der Waals surface area (Å²) in [5.41, 5.74) is 1.38. The molecular weight excluding hydrogens is 268 g/mol. The van der Waals surface area contributed by atoms with Crippen LogP contribution in [0, 0.1) is 0 Å². The van der Waals surface area contributed by atoms with Crippen molar-refractivity contribution in [2.75, 3.05) is 14.2 Å². The average molecular weight is 282 g/mol. The van der Waals surface area contributed by atoms with E-state index in [1.165, 1.54) is 7.11 Å². The Bertz CT molecular complexity index is 849. The lowest BCUT2D eigenvalue weighted by Crippen LogP contribution is -2.08. The highest BCUT2D eigenvalue weighted by atomic mass is 16.6. The van der Waals surface area contributed by atoms with Crippen molar-refractivity contribution >= 4 is 11.0 Å². The van der Waals surface area contributed by atoms with Crippen molar-refractivity contribution < 1.29 is 13.9 Å². The van der Waals surface area contributed by atoms with Crippen molar-refractivity contribution in [3.8, 4) is 22.8 Å². The maximum Gasteiger partial charge on any atom is 0.296 e. The minimum atomic E-state index is -0.141. The van der Waals surface area contributed by atoms with E-state index in [4.69, 9.17) is 13.9 Å². The normalized spacial score (nSPS) is 10.6. The minimum absolute atomic E-state index is 0.141. The second kappa shape index (κ2) is 5.32. The highest BCUT2D eigenvalue weighted by Gasteiger charge is 2.19. The van der Waals surface area contributed by atoms with Crippen molar-refractivity contribution in [2.45, 2.75) is 0 Å². The van der Waals surface area contributed by atoms with E-state index < -0.39 is 0 Å². The SMILES string of the molecule is COc1ccccc1-c1c(OC)oc2ccccc2c1=O. The molecule has 4 heteroatoms. The first-order chi connectivity index (χ1) is 10.3. The molecule has 0 atom stereocenters. The Kier molecular flexibility index (Phi) is 3.36. The van der Waals surface area contributed by atoms with Gasteiger partial charge in [-0.25, -0.2) is 0 Å². The fourth-order valence-electron chi connectivity index (χ4n) is 2.35. The van der Waals surface area contributed by atoms with Gasteiger partial charge in [-0.3, -0.25) is 4.79 Å². The highest BCUT2D eigenvalue weighted by Crippen LogP contribution is 2.35.